The molecule has 1 heterocycles. The molecular weight excluding hydrogens is 356 g/mol. The van der Waals surface area contributed by atoms with Gasteiger partial charge in [-0.15, -0.1) is 0 Å². The lowest BCUT2D eigenvalue weighted by molar-refractivity contribution is -0.157. The largest absolute Gasteiger partial charge is 0.482 e. The fourth-order valence-corrected chi connectivity index (χ4v) is 2.60. The third-order valence-corrected chi connectivity index (χ3v) is 3.75. The maximum absolute atomic E-state index is 12.4. The van der Waals surface area contributed by atoms with Crippen molar-refractivity contribution in [2.24, 2.45) is 0 Å². The van der Waals surface area contributed by atoms with Gasteiger partial charge in [-0.3, -0.25) is 4.79 Å². The number of hydrogen-bond acceptors (Lipinski definition) is 5. The second-order valence-electron chi connectivity index (χ2n) is 7.26. The number of ketones is 1. The minimum absolute atomic E-state index is 0.189. The Morgan fingerprint density at radius 2 is 1.86 bits per heavy atom. The second kappa shape index (κ2) is 8.13. The molecule has 0 saturated carbocycles. The Labute approximate surface area is 164 Å². The van der Waals surface area contributed by atoms with Crippen molar-refractivity contribution in [2.45, 2.75) is 26.4 Å². The summed E-state index contributed by atoms with van der Waals surface area (Å²) in [5.41, 5.74) is 0.921. The van der Waals surface area contributed by atoms with Crippen LogP contribution in [0.15, 0.2) is 66.4 Å². The maximum atomic E-state index is 12.4. The molecule has 0 radical (unpaired) electrons. The van der Waals surface area contributed by atoms with E-state index in [0.717, 1.165) is 5.56 Å². The van der Waals surface area contributed by atoms with Crippen molar-refractivity contribution < 1.29 is 23.8 Å². The molecule has 28 heavy (non-hydrogen) atoms. The zero-order valence-corrected chi connectivity index (χ0v) is 16.1. The van der Waals surface area contributed by atoms with Crippen molar-refractivity contribution in [2.75, 3.05) is 6.61 Å². The highest BCUT2D eigenvalue weighted by Gasteiger charge is 2.27. The average Bonchev–Trinajstić information content (AvgIpc) is 2.95. The summed E-state index contributed by atoms with van der Waals surface area (Å²) in [4.78, 5) is 24.2. The zero-order chi connectivity index (χ0) is 20.1. The number of fused-ring (bicyclic) bond motifs is 1. The molecule has 5 nitrogen and oxygen atoms in total. The van der Waals surface area contributed by atoms with E-state index < -0.39 is 11.6 Å². The van der Waals surface area contributed by atoms with Gasteiger partial charge >= 0.3 is 5.97 Å². The van der Waals surface area contributed by atoms with Crippen molar-refractivity contribution in [1.29, 1.82) is 0 Å². The second-order valence-corrected chi connectivity index (χ2v) is 7.26. The molecule has 0 fully saturated rings. The van der Waals surface area contributed by atoms with Gasteiger partial charge in [0.2, 0.25) is 5.78 Å². The molecule has 3 rings (SSSR count). The number of carbonyl (C=O) groups is 2. The number of hydrogen-bond donors (Lipinski definition) is 0. The predicted molar refractivity (Wildman–Crippen MR) is 106 cm³/mol. The summed E-state index contributed by atoms with van der Waals surface area (Å²) in [7, 11) is 0. The number of allylic oxidation sites excluding steroid dienone is 3. The Morgan fingerprint density at radius 3 is 2.57 bits per heavy atom. The first kappa shape index (κ1) is 19.4. The van der Waals surface area contributed by atoms with Gasteiger partial charge in [0.1, 0.15) is 17.1 Å². The van der Waals surface area contributed by atoms with Crippen LogP contribution in [0.25, 0.3) is 6.08 Å². The molecule has 5 heteroatoms. The molecule has 144 valence electrons. The van der Waals surface area contributed by atoms with Crippen LogP contribution in [0.2, 0.25) is 0 Å². The van der Waals surface area contributed by atoms with Crippen molar-refractivity contribution in [3.05, 3.63) is 77.6 Å². The smallest absolute Gasteiger partial charge is 0.344 e. The summed E-state index contributed by atoms with van der Waals surface area (Å²) in [6, 6.07) is 14.6. The molecule has 0 N–H and O–H groups in total. The van der Waals surface area contributed by atoms with E-state index in [-0.39, 0.29) is 18.1 Å². The van der Waals surface area contributed by atoms with E-state index in [1.807, 2.05) is 36.4 Å². The molecule has 0 amide bonds. The van der Waals surface area contributed by atoms with E-state index >= 15 is 0 Å². The number of benzene rings is 2. The number of ether oxygens (including phenoxy) is 3. The normalized spacial score (nSPS) is 14.8. The van der Waals surface area contributed by atoms with Gasteiger partial charge < -0.3 is 14.2 Å². The first-order valence-electron chi connectivity index (χ1n) is 8.96. The van der Waals surface area contributed by atoms with Crippen LogP contribution in [0.3, 0.4) is 0 Å². The molecular formula is C23H22O5. The molecule has 2 aromatic rings. The van der Waals surface area contributed by atoms with Gasteiger partial charge in [-0.05, 0) is 44.5 Å². The molecule has 0 aromatic heterocycles. The summed E-state index contributed by atoms with van der Waals surface area (Å²) in [5, 5.41) is 0. The van der Waals surface area contributed by atoms with Gasteiger partial charge in [0, 0.05) is 6.07 Å². The molecule has 1 aliphatic heterocycles. The Hall–Kier alpha value is -3.34. The van der Waals surface area contributed by atoms with Gasteiger partial charge in [0.15, 0.2) is 12.4 Å². The van der Waals surface area contributed by atoms with Gasteiger partial charge in [-0.25, -0.2) is 4.79 Å². The van der Waals surface area contributed by atoms with Crippen molar-refractivity contribution >= 4 is 17.8 Å². The standard InChI is InChI=1S/C23H22O5/c1-23(2,3)28-21(24)15-26-17-12-13-18-20(14-17)27-19(22(18)25)11-7-10-16-8-5-4-6-9-16/h4-14H,15H2,1-3H3. The van der Waals surface area contributed by atoms with Crippen LogP contribution in [-0.4, -0.2) is 24.0 Å². The molecule has 0 aliphatic carbocycles. The van der Waals surface area contributed by atoms with Crippen LogP contribution in [0.5, 0.6) is 11.5 Å². The number of Topliss-reactive ketones (excluding diaryl/α,β-unsaturated/α-hetero) is 1. The first-order valence-corrected chi connectivity index (χ1v) is 8.96. The SMILES string of the molecule is CC(C)(C)OC(=O)COc1ccc2c(c1)OC(=CC=Cc1ccccc1)C2=O. The highest BCUT2D eigenvalue weighted by atomic mass is 16.6. The summed E-state index contributed by atoms with van der Waals surface area (Å²) in [6.07, 6.45) is 5.30. The number of rotatable bonds is 5. The summed E-state index contributed by atoms with van der Waals surface area (Å²) >= 11 is 0. The van der Waals surface area contributed by atoms with Crippen LogP contribution >= 0.6 is 0 Å². The van der Waals surface area contributed by atoms with Gasteiger partial charge in [-0.1, -0.05) is 42.5 Å². The van der Waals surface area contributed by atoms with E-state index in [4.69, 9.17) is 14.2 Å². The van der Waals surface area contributed by atoms with E-state index in [9.17, 15) is 9.59 Å². The molecule has 0 saturated heterocycles. The maximum Gasteiger partial charge on any atom is 0.344 e. The fourth-order valence-electron chi connectivity index (χ4n) is 2.60. The van der Waals surface area contributed by atoms with Crippen LogP contribution in [-0.2, 0) is 9.53 Å². The van der Waals surface area contributed by atoms with Crippen LogP contribution < -0.4 is 9.47 Å². The van der Waals surface area contributed by atoms with Gasteiger partial charge in [0.05, 0.1) is 5.56 Å². The lowest BCUT2D eigenvalue weighted by atomic mass is 10.1. The summed E-state index contributed by atoms with van der Waals surface area (Å²) in [6.45, 7) is 5.16. The number of esters is 1. The highest BCUT2D eigenvalue weighted by molar-refractivity contribution is 6.12. The summed E-state index contributed by atoms with van der Waals surface area (Å²) in [5.74, 6) is 0.430. The molecule has 0 atom stereocenters. The monoisotopic (exact) mass is 378 g/mol. The minimum atomic E-state index is -0.569. The van der Waals surface area contributed by atoms with Gasteiger partial charge in [-0.2, -0.15) is 0 Å². The van der Waals surface area contributed by atoms with Crippen molar-refractivity contribution in [3.8, 4) is 11.5 Å². The lowest BCUT2D eigenvalue weighted by Crippen LogP contribution is -2.27. The third kappa shape index (κ3) is 5.10. The van der Waals surface area contributed by atoms with Crippen LogP contribution in [0.4, 0.5) is 0 Å². The lowest BCUT2D eigenvalue weighted by Gasteiger charge is -2.19. The van der Waals surface area contributed by atoms with Crippen molar-refractivity contribution in [3.63, 3.8) is 0 Å². The van der Waals surface area contributed by atoms with Crippen LogP contribution in [0, 0.1) is 0 Å². The molecule has 0 spiro atoms. The Morgan fingerprint density at radius 1 is 1.11 bits per heavy atom. The zero-order valence-electron chi connectivity index (χ0n) is 16.1. The highest BCUT2D eigenvalue weighted by Crippen LogP contribution is 2.34. The number of carbonyl (C=O) groups excluding carboxylic acids is 2. The van der Waals surface area contributed by atoms with E-state index in [1.165, 1.54) is 0 Å². The molecule has 0 bridgehead atoms. The minimum Gasteiger partial charge on any atom is -0.482 e. The van der Waals surface area contributed by atoms with E-state index in [2.05, 4.69) is 0 Å². The summed E-state index contributed by atoms with van der Waals surface area (Å²) < 4.78 is 16.3. The van der Waals surface area contributed by atoms with Gasteiger partial charge in [0.25, 0.3) is 0 Å². The van der Waals surface area contributed by atoms with E-state index in [1.54, 1.807) is 51.1 Å². The predicted octanol–water partition coefficient (Wildman–Crippen LogP) is 4.58. The fraction of sp³-hybridized carbons (Fsp3) is 0.217. The quantitative estimate of drug-likeness (QED) is 0.563. The Kier molecular flexibility index (Phi) is 5.64. The Balaban J connectivity index is 1.64. The average molecular weight is 378 g/mol. The van der Waals surface area contributed by atoms with E-state index in [0.29, 0.717) is 17.1 Å². The Bertz CT molecular complexity index is 933. The molecule has 1 aliphatic rings. The molecule has 0 unspecified atom stereocenters. The van der Waals surface area contributed by atoms with Crippen LogP contribution in [0.1, 0.15) is 36.7 Å². The van der Waals surface area contributed by atoms with Crippen molar-refractivity contribution in [1.82, 2.24) is 0 Å². The first-order chi connectivity index (χ1) is 13.3. The topological polar surface area (TPSA) is 61.8 Å². The third-order valence-electron chi connectivity index (χ3n) is 3.75. The molecule has 2 aromatic carbocycles.